The normalized spacial score (nSPS) is 12.5. The molecule has 1 heterocycles. The summed E-state index contributed by atoms with van der Waals surface area (Å²) in [5.74, 6) is 2.36. The van der Waals surface area contributed by atoms with Crippen molar-refractivity contribution in [3.05, 3.63) is 40.3 Å². The number of aromatic nitrogens is 1. The Hall–Kier alpha value is -2.28. The molecule has 0 aliphatic carbocycles. The maximum Gasteiger partial charge on any atom is 0.191 e. The van der Waals surface area contributed by atoms with Gasteiger partial charge in [0.05, 0.1) is 24.4 Å². The SMILES string of the molecule is CCNC(=NCC(C)Oc1cccc(OC)c1)NCCc1csc(CC)n1. The van der Waals surface area contributed by atoms with Crippen molar-refractivity contribution in [2.75, 3.05) is 26.7 Å². The second-order valence-corrected chi connectivity index (χ2v) is 7.03. The molecule has 0 bridgehead atoms. The Morgan fingerprint density at radius 2 is 2.07 bits per heavy atom. The Balaban J connectivity index is 1.82. The van der Waals surface area contributed by atoms with E-state index in [0.717, 1.165) is 49.1 Å². The maximum atomic E-state index is 5.92. The van der Waals surface area contributed by atoms with Crippen molar-refractivity contribution in [2.24, 2.45) is 4.99 Å². The maximum absolute atomic E-state index is 5.92. The highest BCUT2D eigenvalue weighted by Gasteiger charge is 2.06. The van der Waals surface area contributed by atoms with Gasteiger partial charge in [0.25, 0.3) is 0 Å². The fraction of sp³-hybridized carbons (Fsp3) is 0.500. The molecule has 6 nitrogen and oxygen atoms in total. The van der Waals surface area contributed by atoms with Gasteiger partial charge in [-0.05, 0) is 32.4 Å². The van der Waals surface area contributed by atoms with E-state index >= 15 is 0 Å². The molecule has 0 aliphatic rings. The quantitative estimate of drug-likeness (QED) is 0.481. The van der Waals surface area contributed by atoms with E-state index < -0.39 is 0 Å². The van der Waals surface area contributed by atoms with Crippen LogP contribution >= 0.6 is 11.3 Å². The number of hydrogen-bond donors (Lipinski definition) is 2. The summed E-state index contributed by atoms with van der Waals surface area (Å²) in [5, 5.41) is 9.95. The lowest BCUT2D eigenvalue weighted by Crippen LogP contribution is -2.39. The van der Waals surface area contributed by atoms with Crippen molar-refractivity contribution in [1.29, 1.82) is 0 Å². The van der Waals surface area contributed by atoms with Crippen LogP contribution in [0.4, 0.5) is 0 Å². The first-order valence-corrected chi connectivity index (χ1v) is 10.3. The third-order valence-electron chi connectivity index (χ3n) is 3.80. The van der Waals surface area contributed by atoms with Gasteiger partial charge in [-0.1, -0.05) is 13.0 Å². The largest absolute Gasteiger partial charge is 0.497 e. The van der Waals surface area contributed by atoms with E-state index in [4.69, 9.17) is 9.47 Å². The van der Waals surface area contributed by atoms with Crippen LogP contribution in [0, 0.1) is 0 Å². The molecule has 2 aromatic rings. The highest BCUT2D eigenvalue weighted by atomic mass is 32.1. The Morgan fingerprint density at radius 3 is 2.78 bits per heavy atom. The van der Waals surface area contributed by atoms with Crippen LogP contribution in [0.3, 0.4) is 0 Å². The van der Waals surface area contributed by atoms with Crippen LogP contribution in [0.25, 0.3) is 0 Å². The zero-order valence-electron chi connectivity index (χ0n) is 16.6. The first-order chi connectivity index (χ1) is 13.1. The van der Waals surface area contributed by atoms with E-state index in [1.54, 1.807) is 18.4 Å². The Morgan fingerprint density at radius 1 is 1.26 bits per heavy atom. The first kappa shape index (κ1) is 21.0. The van der Waals surface area contributed by atoms with Gasteiger partial charge in [-0.25, -0.2) is 9.98 Å². The predicted octanol–water partition coefficient (Wildman–Crippen LogP) is 3.28. The number of benzene rings is 1. The highest BCUT2D eigenvalue weighted by molar-refractivity contribution is 7.09. The number of guanidine groups is 1. The molecule has 148 valence electrons. The lowest BCUT2D eigenvalue weighted by atomic mass is 10.3. The lowest BCUT2D eigenvalue weighted by Gasteiger charge is -2.15. The van der Waals surface area contributed by atoms with Gasteiger partial charge >= 0.3 is 0 Å². The molecule has 1 atom stereocenters. The lowest BCUT2D eigenvalue weighted by molar-refractivity contribution is 0.229. The highest BCUT2D eigenvalue weighted by Crippen LogP contribution is 2.19. The molecule has 0 saturated heterocycles. The Labute approximate surface area is 166 Å². The molecule has 0 fully saturated rings. The van der Waals surface area contributed by atoms with Crippen molar-refractivity contribution in [1.82, 2.24) is 15.6 Å². The van der Waals surface area contributed by atoms with E-state index in [1.165, 1.54) is 5.01 Å². The molecular formula is C20H30N4O2S. The molecule has 2 N–H and O–H groups in total. The molecule has 0 saturated carbocycles. The van der Waals surface area contributed by atoms with Gasteiger partial charge < -0.3 is 20.1 Å². The number of aliphatic imine (C=N–C) groups is 1. The van der Waals surface area contributed by atoms with Gasteiger partial charge in [-0.15, -0.1) is 11.3 Å². The summed E-state index contributed by atoms with van der Waals surface area (Å²) in [4.78, 5) is 9.22. The second-order valence-electron chi connectivity index (χ2n) is 6.09. The zero-order chi connectivity index (χ0) is 19.5. The molecule has 2 rings (SSSR count). The van der Waals surface area contributed by atoms with Crippen LogP contribution in [-0.2, 0) is 12.8 Å². The van der Waals surface area contributed by atoms with Crippen LogP contribution in [0.1, 0.15) is 31.5 Å². The van der Waals surface area contributed by atoms with Gasteiger partial charge in [-0.3, -0.25) is 0 Å². The zero-order valence-corrected chi connectivity index (χ0v) is 17.4. The minimum atomic E-state index is -0.0433. The van der Waals surface area contributed by atoms with E-state index in [1.807, 2.05) is 31.2 Å². The summed E-state index contributed by atoms with van der Waals surface area (Å²) >= 11 is 1.73. The van der Waals surface area contributed by atoms with E-state index in [-0.39, 0.29) is 6.10 Å². The standard InChI is InChI=1S/C20H30N4O2S/c1-5-19-24-16(14-27-19)10-11-22-20(21-6-2)23-13-15(3)26-18-9-7-8-17(12-18)25-4/h7-9,12,14-15H,5-6,10-11,13H2,1-4H3,(H2,21,22,23). The van der Waals surface area contributed by atoms with Crippen molar-refractivity contribution in [3.8, 4) is 11.5 Å². The van der Waals surface area contributed by atoms with Gasteiger partial charge in [-0.2, -0.15) is 0 Å². The average molecular weight is 391 g/mol. The molecule has 0 spiro atoms. The number of methoxy groups -OCH3 is 1. The number of rotatable bonds is 10. The molecule has 1 unspecified atom stereocenters. The molecular weight excluding hydrogens is 360 g/mol. The molecule has 0 aliphatic heterocycles. The summed E-state index contributed by atoms with van der Waals surface area (Å²) < 4.78 is 11.1. The number of ether oxygens (including phenoxy) is 2. The molecule has 7 heteroatoms. The second kappa shape index (κ2) is 11.4. The fourth-order valence-corrected chi connectivity index (χ4v) is 3.22. The van der Waals surface area contributed by atoms with Gasteiger partial charge in [0.2, 0.25) is 0 Å². The minimum absolute atomic E-state index is 0.0433. The van der Waals surface area contributed by atoms with Gasteiger partial charge in [0.1, 0.15) is 17.6 Å². The van der Waals surface area contributed by atoms with Gasteiger partial charge in [0, 0.05) is 31.0 Å². The predicted molar refractivity (Wildman–Crippen MR) is 112 cm³/mol. The number of nitrogens with one attached hydrogen (secondary N) is 2. The van der Waals surface area contributed by atoms with Crippen LogP contribution in [0.2, 0.25) is 0 Å². The van der Waals surface area contributed by atoms with Crippen LogP contribution in [0.5, 0.6) is 11.5 Å². The van der Waals surface area contributed by atoms with E-state index in [2.05, 4.69) is 39.8 Å². The number of aryl methyl sites for hydroxylation is 1. The smallest absolute Gasteiger partial charge is 0.191 e. The van der Waals surface area contributed by atoms with E-state index in [9.17, 15) is 0 Å². The third-order valence-corrected chi connectivity index (χ3v) is 4.85. The van der Waals surface area contributed by atoms with Crippen molar-refractivity contribution >= 4 is 17.3 Å². The van der Waals surface area contributed by atoms with Crippen molar-refractivity contribution in [3.63, 3.8) is 0 Å². The summed E-state index contributed by atoms with van der Waals surface area (Å²) in [6, 6.07) is 7.61. The summed E-state index contributed by atoms with van der Waals surface area (Å²) in [5.41, 5.74) is 1.13. The molecule has 1 aromatic heterocycles. The Kier molecular flexibility index (Phi) is 8.91. The van der Waals surface area contributed by atoms with Crippen LogP contribution < -0.4 is 20.1 Å². The monoisotopic (exact) mass is 390 g/mol. The summed E-state index contributed by atoms with van der Waals surface area (Å²) in [6.07, 6.45) is 1.84. The molecule has 1 aromatic carbocycles. The number of thiazole rings is 1. The Bertz CT molecular complexity index is 718. The molecule has 0 amide bonds. The summed E-state index contributed by atoms with van der Waals surface area (Å²) in [7, 11) is 1.65. The van der Waals surface area contributed by atoms with Crippen molar-refractivity contribution in [2.45, 2.75) is 39.7 Å². The number of nitrogens with zero attached hydrogens (tertiary/aromatic N) is 2. The van der Waals surface area contributed by atoms with Crippen LogP contribution in [-0.4, -0.2) is 43.8 Å². The topological polar surface area (TPSA) is 67.8 Å². The molecule has 27 heavy (non-hydrogen) atoms. The van der Waals surface area contributed by atoms with Gasteiger partial charge in [0.15, 0.2) is 5.96 Å². The average Bonchev–Trinajstić information content (AvgIpc) is 3.14. The van der Waals surface area contributed by atoms with Crippen LogP contribution in [0.15, 0.2) is 34.6 Å². The van der Waals surface area contributed by atoms with E-state index in [0.29, 0.717) is 6.54 Å². The fourth-order valence-electron chi connectivity index (χ4n) is 2.44. The third kappa shape index (κ3) is 7.46. The van der Waals surface area contributed by atoms with Crippen molar-refractivity contribution < 1.29 is 9.47 Å². The molecule has 0 radical (unpaired) electrons. The minimum Gasteiger partial charge on any atom is -0.497 e. The summed E-state index contributed by atoms with van der Waals surface area (Å²) in [6.45, 7) is 8.36. The number of hydrogen-bond acceptors (Lipinski definition) is 5. The first-order valence-electron chi connectivity index (χ1n) is 9.40.